The smallest absolute Gasteiger partial charge is 0.263 e. The summed E-state index contributed by atoms with van der Waals surface area (Å²) in [6.45, 7) is 9.10. The van der Waals surface area contributed by atoms with Crippen LogP contribution >= 0.6 is 0 Å². The van der Waals surface area contributed by atoms with E-state index in [0.717, 1.165) is 58.6 Å². The van der Waals surface area contributed by atoms with E-state index < -0.39 is 0 Å². The molecule has 266 valence electrons. The van der Waals surface area contributed by atoms with Gasteiger partial charge in [-0.25, -0.2) is 0 Å². The number of fused-ring (bicyclic) bond motifs is 3. The van der Waals surface area contributed by atoms with Crippen molar-refractivity contribution in [2.24, 2.45) is 0 Å². The van der Waals surface area contributed by atoms with Gasteiger partial charge in [0.1, 0.15) is 0 Å². The van der Waals surface area contributed by atoms with Crippen LogP contribution in [-0.2, 0) is 0 Å². The van der Waals surface area contributed by atoms with Crippen LogP contribution in [0.4, 0.5) is 0 Å². The Morgan fingerprint density at radius 3 is 1.06 bits per heavy atom. The predicted octanol–water partition coefficient (Wildman–Crippen LogP) is 13.1. The predicted molar refractivity (Wildman–Crippen MR) is 209 cm³/mol. The molecule has 0 aliphatic carbocycles. The Labute approximate surface area is 292 Å². The normalized spacial score (nSPS) is 13.3. The van der Waals surface area contributed by atoms with Crippen LogP contribution in [0.25, 0.3) is 21.8 Å². The van der Waals surface area contributed by atoms with Gasteiger partial charge in [-0.15, -0.1) is 0 Å². The average molecular weight is 657 g/mol. The zero-order valence-corrected chi connectivity index (χ0v) is 31.3. The van der Waals surface area contributed by atoms with E-state index in [0.29, 0.717) is 0 Å². The Balaban J connectivity index is 1.86. The van der Waals surface area contributed by atoms with Crippen molar-refractivity contribution in [1.29, 1.82) is 0 Å². The molecular weight excluding hydrogens is 588 g/mol. The van der Waals surface area contributed by atoms with Crippen molar-refractivity contribution in [3.63, 3.8) is 0 Å². The Morgan fingerprint density at radius 1 is 0.438 bits per heavy atom. The highest BCUT2D eigenvalue weighted by atomic mass is 16.1. The second kappa shape index (κ2) is 20.8. The maximum atomic E-state index is 14.7. The molecule has 0 bridgehead atoms. The van der Waals surface area contributed by atoms with Gasteiger partial charge in [-0.3, -0.25) is 18.4 Å². The number of aromatic nitrogens is 2. The molecule has 0 saturated heterocycles. The van der Waals surface area contributed by atoms with E-state index >= 15 is 0 Å². The van der Waals surface area contributed by atoms with Crippen molar-refractivity contribution in [1.82, 2.24) is 8.80 Å². The molecule has 2 unspecified atom stereocenters. The summed E-state index contributed by atoms with van der Waals surface area (Å²) in [4.78, 5) is 29.3. The summed E-state index contributed by atoms with van der Waals surface area (Å²) >= 11 is 0. The molecule has 0 spiro atoms. The van der Waals surface area contributed by atoms with Gasteiger partial charge in [0.25, 0.3) is 11.1 Å². The maximum Gasteiger partial charge on any atom is 0.263 e. The van der Waals surface area contributed by atoms with Crippen LogP contribution in [0.5, 0.6) is 0 Å². The van der Waals surface area contributed by atoms with E-state index in [2.05, 4.69) is 39.8 Å². The van der Waals surface area contributed by atoms with E-state index in [1.165, 1.54) is 128 Å². The summed E-state index contributed by atoms with van der Waals surface area (Å²) in [7, 11) is 0. The van der Waals surface area contributed by atoms with Gasteiger partial charge in [-0.2, -0.15) is 0 Å². The molecule has 0 aliphatic rings. The molecule has 4 nitrogen and oxygen atoms in total. The third-order valence-electron chi connectivity index (χ3n) is 11.1. The standard InChI is InChI=1S/C44H68N2O2/c1-5-9-13-17-19-23-29-35(27-21-15-11-7-3)39-37-31-25-33-45(37)44(48)42-40(38-32-26-34-46(38)43(47)41(39)42)36(28-22-16-12-8-4)30-24-20-18-14-10-6-2/h25-26,31-36H,5-24,27-30H2,1-4H3. The lowest BCUT2D eigenvalue weighted by molar-refractivity contribution is 0.492. The number of unbranched alkanes of at least 4 members (excludes halogenated alkanes) is 16. The van der Waals surface area contributed by atoms with Gasteiger partial charge in [0.2, 0.25) is 0 Å². The van der Waals surface area contributed by atoms with Gasteiger partial charge >= 0.3 is 0 Å². The summed E-state index contributed by atoms with van der Waals surface area (Å²) in [5, 5.41) is 1.47. The quantitative estimate of drug-likeness (QED) is 0.0631. The molecule has 4 heterocycles. The van der Waals surface area contributed by atoms with Gasteiger partial charge in [0, 0.05) is 12.4 Å². The van der Waals surface area contributed by atoms with Gasteiger partial charge in [-0.1, -0.05) is 156 Å². The number of rotatable bonds is 26. The summed E-state index contributed by atoms with van der Waals surface area (Å²) in [5.74, 6) is 0.562. The molecule has 0 amide bonds. The van der Waals surface area contributed by atoms with Crippen LogP contribution in [0.3, 0.4) is 0 Å². The van der Waals surface area contributed by atoms with Crippen molar-refractivity contribution in [3.05, 3.63) is 68.5 Å². The first-order chi connectivity index (χ1) is 23.6. The van der Waals surface area contributed by atoms with Crippen LogP contribution in [0.1, 0.15) is 205 Å². The molecule has 0 aliphatic heterocycles. The minimum absolute atomic E-state index is 0.00959. The topological polar surface area (TPSA) is 43.0 Å². The lowest BCUT2D eigenvalue weighted by Crippen LogP contribution is -2.25. The number of nitrogens with zero attached hydrogens (tertiary/aromatic N) is 2. The molecule has 48 heavy (non-hydrogen) atoms. The second-order valence-electron chi connectivity index (χ2n) is 14.9. The summed E-state index contributed by atoms with van der Waals surface area (Å²) < 4.78 is 3.80. The fourth-order valence-electron chi connectivity index (χ4n) is 8.44. The molecule has 2 atom stereocenters. The highest BCUT2D eigenvalue weighted by Crippen LogP contribution is 2.40. The van der Waals surface area contributed by atoms with E-state index in [1.807, 2.05) is 33.3 Å². The zero-order valence-electron chi connectivity index (χ0n) is 31.3. The summed E-state index contributed by atoms with van der Waals surface area (Å²) in [5.41, 5.74) is 4.26. The van der Waals surface area contributed by atoms with Crippen LogP contribution < -0.4 is 11.1 Å². The van der Waals surface area contributed by atoms with E-state index in [-0.39, 0.29) is 23.0 Å². The second-order valence-corrected chi connectivity index (χ2v) is 14.9. The molecule has 0 aromatic carbocycles. The number of hydrogen-bond acceptors (Lipinski definition) is 2. The molecule has 0 fully saturated rings. The van der Waals surface area contributed by atoms with Crippen molar-refractivity contribution in [3.8, 4) is 0 Å². The van der Waals surface area contributed by atoms with Crippen LogP contribution in [-0.4, -0.2) is 8.80 Å². The Hall–Kier alpha value is -2.62. The molecule has 4 aromatic rings. The van der Waals surface area contributed by atoms with Crippen molar-refractivity contribution in [2.75, 3.05) is 0 Å². The van der Waals surface area contributed by atoms with Gasteiger partial charge < -0.3 is 0 Å². The summed E-state index contributed by atoms with van der Waals surface area (Å²) in [6.07, 6.45) is 33.2. The van der Waals surface area contributed by atoms with Gasteiger partial charge in [0.05, 0.1) is 21.8 Å². The van der Waals surface area contributed by atoms with Crippen molar-refractivity contribution >= 4 is 21.8 Å². The number of pyridine rings is 2. The molecule has 4 rings (SSSR count). The maximum absolute atomic E-state index is 14.7. The molecule has 0 saturated carbocycles. The zero-order chi connectivity index (χ0) is 34.1. The Bertz CT molecular complexity index is 1480. The van der Waals surface area contributed by atoms with E-state index in [1.54, 1.807) is 0 Å². The minimum Gasteiger partial charge on any atom is -0.283 e. The fourth-order valence-corrected chi connectivity index (χ4v) is 8.44. The molecular formula is C44H68N2O2. The van der Waals surface area contributed by atoms with Crippen LogP contribution in [0.15, 0.2) is 46.2 Å². The minimum atomic E-state index is 0.00959. The van der Waals surface area contributed by atoms with Gasteiger partial charge in [-0.05, 0) is 72.9 Å². The van der Waals surface area contributed by atoms with Gasteiger partial charge in [0.15, 0.2) is 0 Å². The van der Waals surface area contributed by atoms with Crippen LogP contribution in [0, 0.1) is 0 Å². The van der Waals surface area contributed by atoms with Crippen molar-refractivity contribution < 1.29 is 0 Å². The first-order valence-electron chi connectivity index (χ1n) is 20.5. The highest BCUT2D eigenvalue weighted by Gasteiger charge is 2.28. The lowest BCUT2D eigenvalue weighted by atomic mass is 9.82. The van der Waals surface area contributed by atoms with E-state index in [4.69, 9.17) is 0 Å². The monoisotopic (exact) mass is 657 g/mol. The van der Waals surface area contributed by atoms with Crippen LogP contribution in [0.2, 0.25) is 0 Å². The fraction of sp³-hybridized carbons (Fsp3) is 0.682. The average Bonchev–Trinajstić information content (AvgIpc) is 3.79. The molecule has 0 radical (unpaired) electrons. The summed E-state index contributed by atoms with van der Waals surface area (Å²) in [6, 6.07) is 8.25. The third-order valence-corrected chi connectivity index (χ3v) is 11.1. The lowest BCUT2D eigenvalue weighted by Gasteiger charge is -2.25. The van der Waals surface area contributed by atoms with Crippen molar-refractivity contribution in [2.45, 2.75) is 194 Å². The molecule has 4 aromatic heterocycles. The Morgan fingerprint density at radius 2 is 0.729 bits per heavy atom. The largest absolute Gasteiger partial charge is 0.283 e. The SMILES string of the molecule is CCCCCCCCC(CCCCCC)c1c2c(=O)n3cccc3c(C(CCCCCC)CCCCCCCC)c2c(=O)n2cccc12. The Kier molecular flexibility index (Phi) is 16.5. The first-order valence-corrected chi connectivity index (χ1v) is 20.5. The first kappa shape index (κ1) is 38.2. The third kappa shape index (κ3) is 9.75. The van der Waals surface area contributed by atoms with E-state index in [9.17, 15) is 9.59 Å². The highest BCUT2D eigenvalue weighted by molar-refractivity contribution is 5.96. The molecule has 4 heteroatoms. The number of hydrogen-bond donors (Lipinski definition) is 0. The molecule has 0 N–H and O–H groups in total.